The molecule has 2 rings (SSSR count). The molecule has 1 aliphatic heterocycles. The fraction of sp³-hybridized carbons (Fsp3) is 0.600. The second-order valence-corrected chi connectivity index (χ2v) is 7.48. The number of sulfonamides is 1. The van der Waals surface area contributed by atoms with E-state index in [1.165, 1.54) is 0 Å². The van der Waals surface area contributed by atoms with E-state index in [0.29, 0.717) is 19.0 Å². The SMILES string of the molecule is CCN1CCC(CNS(=O)(=O)Cc2ccc(CN)cc2)C1. The minimum atomic E-state index is -3.27. The van der Waals surface area contributed by atoms with E-state index in [1.54, 1.807) is 0 Å². The summed E-state index contributed by atoms with van der Waals surface area (Å²) in [5, 5.41) is 0. The predicted molar refractivity (Wildman–Crippen MR) is 85.2 cm³/mol. The average Bonchev–Trinajstić information content (AvgIpc) is 2.94. The molecule has 5 nitrogen and oxygen atoms in total. The van der Waals surface area contributed by atoms with Crippen LogP contribution in [0.2, 0.25) is 0 Å². The Bertz CT molecular complexity index is 543. The Hall–Kier alpha value is -0.950. The highest BCUT2D eigenvalue weighted by atomic mass is 32.2. The van der Waals surface area contributed by atoms with Crippen LogP contribution in [0.1, 0.15) is 24.5 Å². The standard InChI is InChI=1S/C15H25N3O2S/c1-2-18-8-7-15(11-18)10-17-21(19,20)12-14-5-3-13(9-16)4-6-14/h3-6,15,17H,2,7-12,16H2,1H3. The minimum absolute atomic E-state index is 0.0298. The van der Waals surface area contributed by atoms with Crippen molar-refractivity contribution in [3.63, 3.8) is 0 Å². The van der Waals surface area contributed by atoms with E-state index >= 15 is 0 Å². The lowest BCUT2D eigenvalue weighted by Crippen LogP contribution is -2.31. The summed E-state index contributed by atoms with van der Waals surface area (Å²) in [6.45, 7) is 6.25. The third-order valence-corrected chi connectivity index (χ3v) is 5.34. The molecule has 6 heteroatoms. The highest BCUT2D eigenvalue weighted by molar-refractivity contribution is 7.88. The van der Waals surface area contributed by atoms with Crippen LogP contribution in [-0.2, 0) is 22.3 Å². The van der Waals surface area contributed by atoms with Gasteiger partial charge in [-0.1, -0.05) is 31.2 Å². The molecule has 3 N–H and O–H groups in total. The molecule has 1 aliphatic rings. The fourth-order valence-corrected chi connectivity index (χ4v) is 3.88. The molecule has 1 fully saturated rings. The average molecular weight is 311 g/mol. The summed E-state index contributed by atoms with van der Waals surface area (Å²) in [4.78, 5) is 2.35. The first-order valence-electron chi connectivity index (χ1n) is 7.50. The molecule has 1 heterocycles. The summed E-state index contributed by atoms with van der Waals surface area (Å²) in [5.41, 5.74) is 7.33. The first-order valence-corrected chi connectivity index (χ1v) is 9.15. The molecule has 21 heavy (non-hydrogen) atoms. The van der Waals surface area contributed by atoms with Gasteiger partial charge in [0.25, 0.3) is 0 Å². The number of rotatable bonds is 7. The van der Waals surface area contributed by atoms with Crippen molar-refractivity contribution in [1.29, 1.82) is 0 Å². The molecule has 0 radical (unpaired) electrons. The summed E-state index contributed by atoms with van der Waals surface area (Å²) in [6.07, 6.45) is 1.07. The molecule has 1 atom stereocenters. The zero-order valence-electron chi connectivity index (χ0n) is 12.6. The van der Waals surface area contributed by atoms with Crippen LogP contribution in [0.15, 0.2) is 24.3 Å². The van der Waals surface area contributed by atoms with Crippen molar-refractivity contribution < 1.29 is 8.42 Å². The van der Waals surface area contributed by atoms with Gasteiger partial charge in [0, 0.05) is 19.6 Å². The van der Waals surface area contributed by atoms with Gasteiger partial charge in [0.05, 0.1) is 5.75 Å². The van der Waals surface area contributed by atoms with E-state index in [9.17, 15) is 8.42 Å². The number of nitrogens with zero attached hydrogens (tertiary/aromatic N) is 1. The Morgan fingerprint density at radius 3 is 2.52 bits per heavy atom. The van der Waals surface area contributed by atoms with Gasteiger partial charge in [0.15, 0.2) is 0 Å². The van der Waals surface area contributed by atoms with Crippen LogP contribution in [-0.4, -0.2) is 39.5 Å². The Balaban J connectivity index is 1.84. The summed E-state index contributed by atoms with van der Waals surface area (Å²) >= 11 is 0. The summed E-state index contributed by atoms with van der Waals surface area (Å²) in [7, 11) is -3.27. The molecule has 1 unspecified atom stereocenters. The largest absolute Gasteiger partial charge is 0.326 e. The van der Waals surface area contributed by atoms with Gasteiger partial charge in [-0.15, -0.1) is 0 Å². The highest BCUT2D eigenvalue weighted by Gasteiger charge is 2.22. The molecule has 1 saturated heterocycles. The van der Waals surface area contributed by atoms with Gasteiger partial charge in [0.1, 0.15) is 0 Å². The van der Waals surface area contributed by atoms with Crippen molar-refractivity contribution in [3.8, 4) is 0 Å². The van der Waals surface area contributed by atoms with Crippen molar-refractivity contribution >= 4 is 10.0 Å². The van der Waals surface area contributed by atoms with Crippen molar-refractivity contribution in [1.82, 2.24) is 9.62 Å². The summed E-state index contributed by atoms with van der Waals surface area (Å²) in [5.74, 6) is 0.460. The third kappa shape index (κ3) is 5.07. The molecule has 0 aliphatic carbocycles. The number of benzene rings is 1. The van der Waals surface area contributed by atoms with Crippen LogP contribution in [0.5, 0.6) is 0 Å². The van der Waals surface area contributed by atoms with Gasteiger partial charge >= 0.3 is 0 Å². The molecule has 0 amide bonds. The number of nitrogens with one attached hydrogen (secondary N) is 1. The lowest BCUT2D eigenvalue weighted by molar-refractivity contribution is 0.342. The van der Waals surface area contributed by atoms with Gasteiger partial charge in [0.2, 0.25) is 10.0 Å². The van der Waals surface area contributed by atoms with E-state index in [4.69, 9.17) is 5.73 Å². The van der Waals surface area contributed by atoms with Crippen molar-refractivity contribution in [2.45, 2.75) is 25.6 Å². The Labute approximate surface area is 127 Å². The zero-order chi connectivity index (χ0) is 15.3. The van der Waals surface area contributed by atoms with Crippen LogP contribution in [0.3, 0.4) is 0 Å². The molecule has 118 valence electrons. The van der Waals surface area contributed by atoms with Gasteiger partial charge in [-0.25, -0.2) is 13.1 Å². The molecular weight excluding hydrogens is 286 g/mol. The third-order valence-electron chi connectivity index (χ3n) is 4.02. The molecule has 1 aromatic rings. The zero-order valence-corrected chi connectivity index (χ0v) is 13.4. The minimum Gasteiger partial charge on any atom is -0.326 e. The van der Waals surface area contributed by atoms with Gasteiger partial charge in [-0.05, 0) is 36.6 Å². The van der Waals surface area contributed by atoms with Crippen LogP contribution >= 0.6 is 0 Å². The molecule has 0 aromatic heterocycles. The quantitative estimate of drug-likeness (QED) is 0.785. The number of hydrogen-bond donors (Lipinski definition) is 2. The molecule has 0 bridgehead atoms. The van der Waals surface area contributed by atoms with E-state index in [-0.39, 0.29) is 5.75 Å². The number of hydrogen-bond acceptors (Lipinski definition) is 4. The summed E-state index contributed by atoms with van der Waals surface area (Å²) < 4.78 is 27.0. The molecule has 0 spiro atoms. The maximum Gasteiger partial charge on any atom is 0.215 e. The summed E-state index contributed by atoms with van der Waals surface area (Å²) in [6, 6.07) is 7.41. The van der Waals surface area contributed by atoms with Crippen molar-refractivity contribution in [2.75, 3.05) is 26.2 Å². The lowest BCUT2D eigenvalue weighted by Gasteiger charge is -2.14. The number of nitrogens with two attached hydrogens (primary N) is 1. The van der Waals surface area contributed by atoms with Crippen molar-refractivity contribution in [3.05, 3.63) is 35.4 Å². The normalized spacial score (nSPS) is 20.0. The first-order chi connectivity index (χ1) is 10.0. The van der Waals surface area contributed by atoms with Gasteiger partial charge in [-0.2, -0.15) is 0 Å². The van der Waals surface area contributed by atoms with E-state index in [2.05, 4.69) is 16.5 Å². The van der Waals surface area contributed by atoms with E-state index in [1.807, 2.05) is 24.3 Å². The second kappa shape index (κ2) is 7.35. The Kier molecular flexibility index (Phi) is 5.75. The maximum absolute atomic E-state index is 12.1. The first kappa shape index (κ1) is 16.4. The number of likely N-dealkylation sites (tertiary alicyclic amines) is 1. The topological polar surface area (TPSA) is 75.4 Å². The van der Waals surface area contributed by atoms with E-state index in [0.717, 1.165) is 37.2 Å². The Morgan fingerprint density at radius 1 is 1.29 bits per heavy atom. The van der Waals surface area contributed by atoms with Crippen LogP contribution < -0.4 is 10.5 Å². The van der Waals surface area contributed by atoms with Crippen LogP contribution in [0, 0.1) is 5.92 Å². The lowest BCUT2D eigenvalue weighted by atomic mass is 10.1. The fourth-order valence-electron chi connectivity index (χ4n) is 2.65. The maximum atomic E-state index is 12.1. The second-order valence-electron chi connectivity index (χ2n) is 5.68. The van der Waals surface area contributed by atoms with Gasteiger partial charge in [-0.3, -0.25) is 0 Å². The predicted octanol–water partition coefficient (Wildman–Crippen LogP) is 0.907. The molecule has 0 saturated carbocycles. The monoisotopic (exact) mass is 311 g/mol. The molecular formula is C15H25N3O2S. The van der Waals surface area contributed by atoms with Crippen molar-refractivity contribution in [2.24, 2.45) is 11.7 Å². The molecule has 1 aromatic carbocycles. The highest BCUT2D eigenvalue weighted by Crippen LogP contribution is 2.15. The smallest absolute Gasteiger partial charge is 0.215 e. The Morgan fingerprint density at radius 2 is 1.95 bits per heavy atom. The van der Waals surface area contributed by atoms with Crippen LogP contribution in [0.25, 0.3) is 0 Å². The van der Waals surface area contributed by atoms with E-state index < -0.39 is 10.0 Å². The van der Waals surface area contributed by atoms with Crippen LogP contribution in [0.4, 0.5) is 0 Å². The van der Waals surface area contributed by atoms with Gasteiger partial charge < -0.3 is 10.6 Å².